The van der Waals surface area contributed by atoms with Crippen molar-refractivity contribution in [2.24, 2.45) is 0 Å². The molecule has 1 aromatic rings. The highest BCUT2D eigenvalue weighted by Crippen LogP contribution is 2.02. The van der Waals surface area contributed by atoms with Crippen molar-refractivity contribution in [3.05, 3.63) is 0 Å². The smallest absolute Gasteiger partial charge is 0.257 e. The van der Waals surface area contributed by atoms with Gasteiger partial charge >= 0.3 is 0 Å². The van der Waals surface area contributed by atoms with Crippen LogP contribution < -0.4 is 17.0 Å². The number of nitrogens with zero attached hydrogens (tertiary/aromatic N) is 3. The largest absolute Gasteiger partial charge is 0.368 e. The fourth-order valence-corrected chi connectivity index (χ4v) is 0.452. The summed E-state index contributed by atoms with van der Waals surface area (Å²) >= 11 is 0. The summed E-state index contributed by atoms with van der Waals surface area (Å²) in [4.78, 5) is 10.1. The average molecular weight is 172 g/mol. The van der Waals surface area contributed by atoms with E-state index in [1.54, 1.807) is 0 Å². The lowest BCUT2D eigenvalue weighted by Gasteiger charge is -1.96. The van der Waals surface area contributed by atoms with Crippen molar-refractivity contribution in [1.82, 2.24) is 15.0 Å². The summed E-state index contributed by atoms with van der Waals surface area (Å²) < 4.78 is 11.6. The summed E-state index contributed by atoms with van der Waals surface area (Å²) in [6.07, 6.45) is 0. The molecule has 0 saturated carbocycles. The van der Waals surface area contributed by atoms with E-state index in [1.165, 1.54) is 5.54 Å². The van der Waals surface area contributed by atoms with Gasteiger partial charge in [-0.2, -0.15) is 20.5 Å². The molecule has 0 atom stereocenters. The van der Waals surface area contributed by atoms with Crippen LogP contribution in [0.15, 0.2) is 0 Å². The van der Waals surface area contributed by atoms with Gasteiger partial charge in [0.1, 0.15) is 0 Å². The van der Waals surface area contributed by atoms with Crippen LogP contribution >= 0.6 is 0 Å². The van der Waals surface area contributed by atoms with E-state index in [4.69, 9.17) is 11.5 Å². The molecule has 0 bridgehead atoms. The molecule has 58 valence electrons. The highest BCUT2D eigenvalue weighted by atomic mass is 28.1. The highest BCUT2D eigenvalue weighted by molar-refractivity contribution is 5.75. The summed E-state index contributed by atoms with van der Waals surface area (Å²) in [5.74, 6) is -0.523. The predicted molar refractivity (Wildman–Crippen MR) is 39.1 cm³/mol. The summed E-state index contributed by atoms with van der Waals surface area (Å²) in [5.41, 5.74) is 11.4. The van der Waals surface area contributed by atoms with Crippen LogP contribution in [-0.2, 0) is 0 Å². The second kappa shape index (κ2) is 3.66. The van der Waals surface area contributed by atoms with Crippen LogP contribution in [0.1, 0.15) is 0 Å². The van der Waals surface area contributed by atoms with Gasteiger partial charge in [0.2, 0.25) is 11.9 Å². The molecule has 6 nitrogen and oxygen atoms in total. The van der Waals surface area contributed by atoms with E-state index in [2.05, 4.69) is 15.0 Å². The van der Waals surface area contributed by atoms with Crippen molar-refractivity contribution in [2.45, 2.75) is 0 Å². The first-order valence-electron chi connectivity index (χ1n) is 2.36. The van der Waals surface area contributed by atoms with Gasteiger partial charge in [-0.15, -0.1) is 4.48 Å². The molecule has 0 amide bonds. The van der Waals surface area contributed by atoms with E-state index in [-0.39, 0.29) is 28.8 Å². The van der Waals surface area contributed by atoms with Gasteiger partial charge in [0.15, 0.2) is 0 Å². The van der Waals surface area contributed by atoms with Crippen molar-refractivity contribution < 1.29 is 4.48 Å². The summed E-state index contributed by atoms with van der Waals surface area (Å²) in [5, 5.41) is 0. The zero-order chi connectivity index (χ0) is 7.56. The van der Waals surface area contributed by atoms with Crippen LogP contribution in [0.25, 0.3) is 0 Å². The van der Waals surface area contributed by atoms with Crippen LogP contribution in [0.4, 0.5) is 22.3 Å². The van der Waals surface area contributed by atoms with Crippen LogP contribution in [0.3, 0.4) is 0 Å². The topological polar surface area (TPSA) is 103 Å². The van der Waals surface area contributed by atoms with Crippen LogP contribution in [0.5, 0.6) is 0 Å². The number of hydrogen-bond acceptors (Lipinski definition) is 6. The molecule has 5 N–H and O–H groups in total. The lowest BCUT2D eigenvalue weighted by Crippen LogP contribution is -2.04. The maximum absolute atomic E-state index is 11.6. The molecule has 0 aromatic carbocycles. The van der Waals surface area contributed by atoms with Gasteiger partial charge in [-0.3, -0.25) is 0 Å². The van der Waals surface area contributed by atoms with E-state index in [0.717, 1.165) is 0 Å². The molecule has 1 heterocycles. The lowest BCUT2D eigenvalue weighted by molar-refractivity contribution is 0.604. The predicted octanol–water partition coefficient (Wildman–Crippen LogP) is -1.05. The Hall–Kier alpha value is -1.44. The number of anilines is 3. The van der Waals surface area contributed by atoms with E-state index in [0.29, 0.717) is 0 Å². The number of nitrogens with two attached hydrogens (primary N) is 2. The molecule has 0 aliphatic carbocycles. The van der Waals surface area contributed by atoms with E-state index in [9.17, 15) is 4.48 Å². The van der Waals surface area contributed by atoms with Crippen LogP contribution in [-0.4, -0.2) is 25.9 Å². The third kappa shape index (κ3) is 2.33. The number of hydrogen-bond donors (Lipinski definition) is 3. The monoisotopic (exact) mass is 172 g/mol. The van der Waals surface area contributed by atoms with E-state index in [1.807, 2.05) is 0 Å². The Balaban J connectivity index is 0.000001000. The van der Waals surface area contributed by atoms with Crippen molar-refractivity contribution >= 4 is 28.8 Å². The Morgan fingerprint density at radius 3 is 1.91 bits per heavy atom. The van der Waals surface area contributed by atoms with Gasteiger partial charge in [-0.25, -0.2) is 0 Å². The number of nitrogen functional groups attached to an aromatic ring is 2. The van der Waals surface area contributed by atoms with E-state index >= 15 is 0 Å². The van der Waals surface area contributed by atoms with Crippen molar-refractivity contribution in [3.8, 4) is 0 Å². The Morgan fingerprint density at radius 2 is 1.55 bits per heavy atom. The molecule has 8 heteroatoms. The molecule has 0 unspecified atom stereocenters. The summed E-state index contributed by atoms with van der Waals surface area (Å²) in [6.45, 7) is 0. The first-order chi connectivity index (χ1) is 4.72. The summed E-state index contributed by atoms with van der Waals surface area (Å²) in [6, 6.07) is 0. The highest BCUT2D eigenvalue weighted by Gasteiger charge is 1.98. The Kier molecular flexibility index (Phi) is 3.18. The Bertz CT molecular complexity index is 221. The number of aromatic nitrogens is 3. The third-order valence-electron chi connectivity index (χ3n) is 0.755. The van der Waals surface area contributed by atoms with E-state index < -0.39 is 0 Å². The minimum atomic E-state index is -0.287. The summed E-state index contributed by atoms with van der Waals surface area (Å²) in [7, 11) is 0. The van der Waals surface area contributed by atoms with Gasteiger partial charge in [0.25, 0.3) is 5.95 Å². The van der Waals surface area contributed by atoms with Gasteiger partial charge in [0, 0.05) is 11.0 Å². The van der Waals surface area contributed by atoms with Crippen LogP contribution in [0, 0.1) is 0 Å². The van der Waals surface area contributed by atoms with Gasteiger partial charge in [0.05, 0.1) is 0 Å². The SMILES string of the molecule is Nc1nc(N)nc(NF)n1.[Si]. The standard InChI is InChI=1S/C3H5FN6.Si/c4-10-3-8-1(5)7-2(6)9-3;/h(H5,5,6,7,8,9,10);. The van der Waals surface area contributed by atoms with Crippen molar-refractivity contribution in [1.29, 1.82) is 0 Å². The molecular weight excluding hydrogens is 167 g/mol. The molecule has 11 heavy (non-hydrogen) atoms. The molecule has 4 radical (unpaired) electrons. The fraction of sp³-hybridized carbons (Fsp3) is 0. The maximum Gasteiger partial charge on any atom is 0.257 e. The van der Waals surface area contributed by atoms with Crippen molar-refractivity contribution in [2.75, 3.05) is 17.0 Å². The Morgan fingerprint density at radius 1 is 1.09 bits per heavy atom. The average Bonchev–Trinajstić information content (AvgIpc) is 1.85. The molecule has 0 fully saturated rings. The first-order valence-corrected chi connectivity index (χ1v) is 2.36. The van der Waals surface area contributed by atoms with Gasteiger partial charge in [-0.05, 0) is 0 Å². The normalized spacial score (nSPS) is 8.45. The molecule has 0 saturated heterocycles. The second-order valence-electron chi connectivity index (χ2n) is 1.47. The lowest BCUT2D eigenvalue weighted by atomic mass is 10.8. The number of halogens is 1. The van der Waals surface area contributed by atoms with Gasteiger partial charge < -0.3 is 11.5 Å². The third-order valence-corrected chi connectivity index (χ3v) is 0.755. The zero-order valence-corrected chi connectivity index (χ0v) is 6.37. The molecule has 0 aliphatic heterocycles. The number of rotatable bonds is 1. The molecule has 0 aliphatic rings. The molecule has 1 aromatic heterocycles. The molecule has 0 spiro atoms. The van der Waals surface area contributed by atoms with Crippen molar-refractivity contribution in [3.63, 3.8) is 0 Å². The first kappa shape index (κ1) is 9.56. The quantitative estimate of drug-likeness (QED) is 0.369. The minimum absolute atomic E-state index is 0. The Labute approximate surface area is 66.2 Å². The van der Waals surface area contributed by atoms with Gasteiger partial charge in [-0.1, -0.05) is 0 Å². The van der Waals surface area contributed by atoms with Crippen LogP contribution in [0.2, 0.25) is 0 Å². The maximum atomic E-state index is 11.6. The molecule has 1 rings (SSSR count). The fourth-order valence-electron chi connectivity index (χ4n) is 0.452. The number of nitrogens with one attached hydrogen (secondary N) is 1. The molecular formula is C3H5FN6Si. The zero-order valence-electron chi connectivity index (χ0n) is 5.37. The minimum Gasteiger partial charge on any atom is -0.368 e. The second-order valence-corrected chi connectivity index (χ2v) is 1.47.